The molecule has 0 bridgehead atoms. The van der Waals surface area contributed by atoms with Crippen molar-refractivity contribution in [1.82, 2.24) is 5.32 Å². The number of nitrogens with one attached hydrogen (secondary N) is 1. The quantitative estimate of drug-likeness (QED) is 0.174. The minimum Gasteiger partial charge on any atom is -0.493 e. The lowest BCUT2D eigenvalue weighted by Crippen LogP contribution is -2.54. The molecule has 1 saturated heterocycles. The highest BCUT2D eigenvalue weighted by Gasteiger charge is 2.36. The van der Waals surface area contributed by atoms with Gasteiger partial charge in [0.25, 0.3) is 11.8 Å². The fraction of sp³-hybridized carbons (Fsp3) is 0.233. The number of anilines is 1. The Morgan fingerprint density at radius 1 is 0.923 bits per heavy atom. The van der Waals surface area contributed by atoms with E-state index in [-0.39, 0.29) is 12.2 Å². The molecule has 1 aliphatic rings. The molecule has 0 saturated carbocycles. The van der Waals surface area contributed by atoms with Crippen molar-refractivity contribution in [3.8, 4) is 17.2 Å². The summed E-state index contributed by atoms with van der Waals surface area (Å²) in [5, 5.41) is 2.22. The lowest BCUT2D eigenvalue weighted by molar-refractivity contribution is -0.122. The zero-order valence-electron chi connectivity index (χ0n) is 21.9. The second-order valence-corrected chi connectivity index (χ2v) is 9.84. The van der Waals surface area contributed by atoms with E-state index in [0.717, 1.165) is 21.5 Å². The fourth-order valence-electron chi connectivity index (χ4n) is 3.98. The van der Waals surface area contributed by atoms with Gasteiger partial charge in [-0.2, -0.15) is 0 Å². The number of hydrogen-bond acceptors (Lipinski definition) is 6. The summed E-state index contributed by atoms with van der Waals surface area (Å²) in [5.41, 5.74) is 1.97. The van der Waals surface area contributed by atoms with Crippen LogP contribution in [-0.4, -0.2) is 38.2 Å². The van der Waals surface area contributed by atoms with Crippen LogP contribution in [0.3, 0.4) is 0 Å². The third kappa shape index (κ3) is 6.67. The van der Waals surface area contributed by atoms with Crippen LogP contribution in [0.5, 0.6) is 17.2 Å². The number of hydrogen-bond donors (Lipinski definition) is 1. The van der Waals surface area contributed by atoms with E-state index in [1.165, 1.54) is 18.7 Å². The van der Waals surface area contributed by atoms with Crippen molar-refractivity contribution in [3.05, 3.63) is 87.9 Å². The first-order valence-electron chi connectivity index (χ1n) is 12.5. The number of methoxy groups -OCH3 is 1. The van der Waals surface area contributed by atoms with Crippen molar-refractivity contribution < 1.29 is 28.6 Å². The van der Waals surface area contributed by atoms with Gasteiger partial charge in [0.15, 0.2) is 11.5 Å². The number of nitrogens with zero attached hydrogens (tertiary/aromatic N) is 1. The number of imide groups is 2. The predicted molar refractivity (Wildman–Crippen MR) is 152 cm³/mol. The lowest BCUT2D eigenvalue weighted by Gasteiger charge is -2.26. The average molecular weight is 593 g/mol. The average Bonchev–Trinajstić information content (AvgIpc) is 2.94. The van der Waals surface area contributed by atoms with Crippen LogP contribution >= 0.6 is 15.9 Å². The van der Waals surface area contributed by atoms with Gasteiger partial charge < -0.3 is 14.2 Å². The van der Waals surface area contributed by atoms with E-state index in [1.807, 2.05) is 12.1 Å². The summed E-state index contributed by atoms with van der Waals surface area (Å²) >= 11 is 3.33. The summed E-state index contributed by atoms with van der Waals surface area (Å²) in [6, 6.07) is 18.9. The predicted octanol–water partition coefficient (Wildman–Crippen LogP) is 6.10. The fourth-order valence-corrected chi connectivity index (χ4v) is 4.25. The topological polar surface area (TPSA) is 94.2 Å². The van der Waals surface area contributed by atoms with Crippen molar-refractivity contribution in [2.75, 3.05) is 25.2 Å². The highest BCUT2D eigenvalue weighted by Crippen LogP contribution is 2.30. The van der Waals surface area contributed by atoms with Crippen LogP contribution in [0.15, 0.2) is 76.8 Å². The van der Waals surface area contributed by atoms with E-state index < -0.39 is 17.8 Å². The minimum absolute atomic E-state index is 0.180. The zero-order valence-corrected chi connectivity index (χ0v) is 23.5. The van der Waals surface area contributed by atoms with Gasteiger partial charge in [-0.25, -0.2) is 9.69 Å². The maximum absolute atomic E-state index is 13.1. The zero-order chi connectivity index (χ0) is 27.9. The third-order valence-corrected chi connectivity index (χ3v) is 6.88. The smallest absolute Gasteiger partial charge is 0.335 e. The Morgan fingerprint density at radius 2 is 1.62 bits per heavy atom. The number of rotatable bonds is 10. The first-order chi connectivity index (χ1) is 18.8. The molecule has 0 aromatic heterocycles. The van der Waals surface area contributed by atoms with E-state index in [1.54, 1.807) is 42.5 Å². The first-order valence-corrected chi connectivity index (χ1v) is 13.3. The standard InChI is InChI=1S/C30H29BrN2O6/c1-4-19(2)21-6-12-24(13-7-21)38-15-16-39-26-14-5-20(18-27(26)37-3)17-25-28(34)32-30(36)33(29(25)35)23-10-8-22(31)9-11-23/h5-14,17-19H,4,15-16H2,1-3H3,(H,32,34,36). The molecule has 1 fully saturated rings. The van der Waals surface area contributed by atoms with E-state index in [2.05, 4.69) is 47.2 Å². The van der Waals surface area contributed by atoms with E-state index in [0.29, 0.717) is 35.3 Å². The molecule has 9 heteroatoms. The summed E-state index contributed by atoms with van der Waals surface area (Å²) in [6.45, 7) is 4.98. The third-order valence-electron chi connectivity index (χ3n) is 6.36. The number of halogens is 1. The highest BCUT2D eigenvalue weighted by atomic mass is 79.9. The SMILES string of the molecule is CCC(C)c1ccc(OCCOc2ccc(C=C3C(=O)NC(=O)N(c4ccc(Br)cc4)C3=O)cc2OC)cc1. The Morgan fingerprint density at radius 3 is 2.28 bits per heavy atom. The van der Waals surface area contributed by atoms with Crippen molar-refractivity contribution in [1.29, 1.82) is 0 Å². The Kier molecular flexibility index (Phi) is 9.03. The van der Waals surface area contributed by atoms with Gasteiger partial charge >= 0.3 is 6.03 Å². The minimum atomic E-state index is -0.806. The molecule has 1 aliphatic heterocycles. The van der Waals surface area contributed by atoms with Crippen LogP contribution in [0.4, 0.5) is 10.5 Å². The van der Waals surface area contributed by atoms with Crippen molar-refractivity contribution in [2.45, 2.75) is 26.2 Å². The lowest BCUT2D eigenvalue weighted by atomic mass is 9.99. The van der Waals surface area contributed by atoms with Gasteiger partial charge in [0, 0.05) is 4.47 Å². The van der Waals surface area contributed by atoms with Crippen LogP contribution in [0.25, 0.3) is 6.08 Å². The Balaban J connectivity index is 1.42. The normalized spacial score (nSPS) is 15.2. The maximum atomic E-state index is 13.1. The Labute approximate surface area is 235 Å². The van der Waals surface area contributed by atoms with Gasteiger partial charge in [-0.15, -0.1) is 0 Å². The molecule has 3 aromatic rings. The molecule has 0 radical (unpaired) electrons. The maximum Gasteiger partial charge on any atom is 0.335 e. The van der Waals surface area contributed by atoms with E-state index in [9.17, 15) is 14.4 Å². The molecule has 39 heavy (non-hydrogen) atoms. The molecule has 8 nitrogen and oxygen atoms in total. The van der Waals surface area contributed by atoms with Crippen molar-refractivity contribution in [3.63, 3.8) is 0 Å². The largest absolute Gasteiger partial charge is 0.493 e. The van der Waals surface area contributed by atoms with Crippen molar-refractivity contribution in [2.24, 2.45) is 0 Å². The molecule has 1 unspecified atom stereocenters. The van der Waals surface area contributed by atoms with Crippen LogP contribution in [0.1, 0.15) is 37.3 Å². The van der Waals surface area contributed by atoms with Crippen LogP contribution in [0.2, 0.25) is 0 Å². The number of carbonyl (C=O) groups excluding carboxylic acids is 3. The molecule has 0 aliphatic carbocycles. The van der Waals surface area contributed by atoms with Gasteiger partial charge in [-0.05, 0) is 78.1 Å². The number of carbonyl (C=O) groups is 3. The molecule has 3 aromatic carbocycles. The van der Waals surface area contributed by atoms with Gasteiger partial charge in [0.05, 0.1) is 12.8 Å². The molecule has 1 atom stereocenters. The number of amides is 4. The molecule has 1 N–H and O–H groups in total. The van der Waals surface area contributed by atoms with E-state index in [4.69, 9.17) is 14.2 Å². The van der Waals surface area contributed by atoms with Gasteiger partial charge in [0.1, 0.15) is 24.5 Å². The number of benzene rings is 3. The number of ether oxygens (including phenoxy) is 3. The second-order valence-electron chi connectivity index (χ2n) is 8.92. The van der Waals surface area contributed by atoms with Crippen molar-refractivity contribution >= 4 is 45.5 Å². The Hall–Kier alpha value is -4.11. The van der Waals surface area contributed by atoms with Gasteiger partial charge in [-0.3, -0.25) is 14.9 Å². The second kappa shape index (κ2) is 12.6. The van der Waals surface area contributed by atoms with Crippen LogP contribution in [-0.2, 0) is 9.59 Å². The Bertz CT molecular complexity index is 1390. The molecular weight excluding hydrogens is 564 g/mol. The molecule has 0 spiro atoms. The summed E-state index contributed by atoms with van der Waals surface area (Å²) in [5.74, 6) is 0.692. The summed E-state index contributed by atoms with van der Waals surface area (Å²) in [4.78, 5) is 38.9. The van der Waals surface area contributed by atoms with Crippen LogP contribution < -0.4 is 24.4 Å². The number of urea groups is 1. The van der Waals surface area contributed by atoms with E-state index >= 15 is 0 Å². The van der Waals surface area contributed by atoms with Gasteiger partial charge in [0.2, 0.25) is 0 Å². The first kappa shape index (κ1) is 27.9. The molecular formula is C30H29BrN2O6. The highest BCUT2D eigenvalue weighted by molar-refractivity contribution is 9.10. The molecule has 4 amide bonds. The number of barbiturate groups is 1. The van der Waals surface area contributed by atoms with Gasteiger partial charge in [-0.1, -0.05) is 48.0 Å². The molecule has 202 valence electrons. The summed E-state index contributed by atoms with van der Waals surface area (Å²) in [7, 11) is 1.50. The monoisotopic (exact) mass is 592 g/mol. The summed E-state index contributed by atoms with van der Waals surface area (Å²) in [6.07, 6.45) is 2.49. The molecule has 1 heterocycles. The van der Waals surface area contributed by atoms with Crippen LogP contribution in [0, 0.1) is 0 Å². The molecule has 4 rings (SSSR count). The summed E-state index contributed by atoms with van der Waals surface area (Å²) < 4.78 is 17.9.